The number of hydrogen-bond donors (Lipinski definition) is 3. The molecule has 2 aromatic carbocycles. The first-order valence-corrected chi connectivity index (χ1v) is 11.2. The Morgan fingerprint density at radius 3 is 2.60 bits per heavy atom. The number of hydrogen-bond acceptors (Lipinski definition) is 6. The number of amides is 1. The number of rotatable bonds is 9. The number of carbonyl (C=O) groups excluding carboxylic acids is 1. The molecule has 10 heteroatoms. The maximum Gasteiger partial charge on any atom is 0.252 e. The van der Waals surface area contributed by atoms with Gasteiger partial charge in [-0.2, -0.15) is 5.10 Å². The molecule has 8 nitrogen and oxygen atoms in total. The number of carbonyl (C=O) groups is 1. The van der Waals surface area contributed by atoms with E-state index in [0.29, 0.717) is 22.2 Å². The minimum Gasteiger partial charge on any atom is -0.394 e. The molecule has 0 aliphatic carbocycles. The van der Waals surface area contributed by atoms with Gasteiger partial charge in [0.2, 0.25) is 0 Å². The van der Waals surface area contributed by atoms with E-state index in [1.54, 1.807) is 48.8 Å². The van der Waals surface area contributed by atoms with Gasteiger partial charge in [-0.3, -0.25) is 9.89 Å². The summed E-state index contributed by atoms with van der Waals surface area (Å²) in [6.07, 6.45) is 2.66. The van der Waals surface area contributed by atoms with Crippen LogP contribution >= 0.6 is 11.6 Å². The van der Waals surface area contributed by atoms with Gasteiger partial charge in [-0.15, -0.1) is 0 Å². The van der Waals surface area contributed by atoms with Crippen molar-refractivity contribution < 1.29 is 19.0 Å². The summed E-state index contributed by atoms with van der Waals surface area (Å²) in [5.74, 6) is -0.662. The predicted molar refractivity (Wildman–Crippen MR) is 129 cm³/mol. The Bertz CT molecular complexity index is 1280. The molecular formula is C25H23ClFN5O3. The molecule has 0 radical (unpaired) electrons. The third-order valence-corrected chi connectivity index (χ3v) is 5.77. The molecule has 0 unspecified atom stereocenters. The van der Waals surface area contributed by atoms with Crippen LogP contribution in [0.1, 0.15) is 16.2 Å². The second-order valence-corrected chi connectivity index (χ2v) is 8.18. The van der Waals surface area contributed by atoms with Crippen molar-refractivity contribution in [2.45, 2.75) is 18.6 Å². The number of aromatic amines is 1. The van der Waals surface area contributed by atoms with Gasteiger partial charge in [-0.05, 0) is 36.4 Å². The lowest BCUT2D eigenvalue weighted by Crippen LogP contribution is -2.47. The highest BCUT2D eigenvalue weighted by molar-refractivity contribution is 6.30. The number of ether oxygens (including phenoxy) is 1. The minimum atomic E-state index is -0.719. The number of nitrogens with zero attached hydrogens (tertiary/aromatic N) is 3. The summed E-state index contributed by atoms with van der Waals surface area (Å²) in [6.45, 7) is -0.338. The Hall–Kier alpha value is -3.66. The molecule has 0 saturated carbocycles. The number of aliphatic hydroxyl groups excluding tert-OH is 1. The number of methoxy groups -OCH3 is 1. The van der Waals surface area contributed by atoms with E-state index in [1.807, 2.05) is 0 Å². The predicted octanol–water partition coefficient (Wildman–Crippen LogP) is 3.67. The first kappa shape index (κ1) is 24.5. The lowest BCUT2D eigenvalue weighted by molar-refractivity contribution is 0.0211. The van der Waals surface area contributed by atoms with Gasteiger partial charge in [0.15, 0.2) is 0 Å². The smallest absolute Gasteiger partial charge is 0.252 e. The number of halogens is 2. The lowest BCUT2D eigenvalue weighted by Gasteiger charge is -2.25. The van der Waals surface area contributed by atoms with E-state index >= 15 is 4.39 Å². The SMILES string of the molecule is CO[C@@H](CO)[C@@H](Cc1ncccn1)NC(=O)c1cccc(F)c1-c1cc(-c2ccc(Cl)cc2)n[nH]1. The fourth-order valence-electron chi connectivity index (χ4n) is 3.73. The van der Waals surface area contributed by atoms with Crippen molar-refractivity contribution in [3.05, 3.63) is 89.2 Å². The summed E-state index contributed by atoms with van der Waals surface area (Å²) in [7, 11) is 1.43. The zero-order valence-corrected chi connectivity index (χ0v) is 19.5. The fourth-order valence-corrected chi connectivity index (χ4v) is 3.85. The third kappa shape index (κ3) is 5.71. The van der Waals surface area contributed by atoms with E-state index in [-0.39, 0.29) is 24.2 Å². The fraction of sp³-hybridized carbons (Fsp3) is 0.200. The van der Waals surface area contributed by atoms with Crippen LogP contribution in [-0.2, 0) is 11.2 Å². The molecule has 0 saturated heterocycles. The molecular weight excluding hydrogens is 473 g/mol. The average molecular weight is 496 g/mol. The van der Waals surface area contributed by atoms with Crippen LogP contribution in [0.4, 0.5) is 4.39 Å². The molecule has 0 aliphatic heterocycles. The van der Waals surface area contributed by atoms with Crippen molar-refractivity contribution in [2.75, 3.05) is 13.7 Å². The van der Waals surface area contributed by atoms with Crippen LogP contribution in [0.5, 0.6) is 0 Å². The number of benzene rings is 2. The largest absolute Gasteiger partial charge is 0.394 e. The molecule has 3 N–H and O–H groups in total. The van der Waals surface area contributed by atoms with E-state index < -0.39 is 23.9 Å². The van der Waals surface area contributed by atoms with Crippen molar-refractivity contribution in [1.29, 1.82) is 0 Å². The molecule has 0 aliphatic rings. The second kappa shape index (κ2) is 11.2. The summed E-state index contributed by atoms with van der Waals surface area (Å²) in [5, 5.41) is 20.3. The Kier molecular flexibility index (Phi) is 7.81. The molecule has 35 heavy (non-hydrogen) atoms. The van der Waals surface area contributed by atoms with E-state index in [2.05, 4.69) is 25.5 Å². The van der Waals surface area contributed by atoms with Crippen LogP contribution in [0.2, 0.25) is 5.02 Å². The van der Waals surface area contributed by atoms with Crippen LogP contribution < -0.4 is 5.32 Å². The number of H-pyrrole nitrogens is 1. The monoisotopic (exact) mass is 495 g/mol. The highest BCUT2D eigenvalue weighted by Crippen LogP contribution is 2.29. The second-order valence-electron chi connectivity index (χ2n) is 7.74. The summed E-state index contributed by atoms with van der Waals surface area (Å²) >= 11 is 5.96. The Labute approximate surface area is 206 Å². The molecule has 180 valence electrons. The molecule has 4 rings (SSSR count). The summed E-state index contributed by atoms with van der Waals surface area (Å²) in [5.41, 5.74) is 1.87. The summed E-state index contributed by atoms with van der Waals surface area (Å²) < 4.78 is 20.4. The van der Waals surface area contributed by atoms with Gasteiger partial charge in [0.25, 0.3) is 5.91 Å². The van der Waals surface area contributed by atoms with Gasteiger partial charge in [0.1, 0.15) is 17.7 Å². The van der Waals surface area contributed by atoms with Gasteiger partial charge in [0, 0.05) is 42.1 Å². The number of aliphatic hydroxyl groups is 1. The molecule has 4 aromatic rings. The van der Waals surface area contributed by atoms with Crippen molar-refractivity contribution in [1.82, 2.24) is 25.5 Å². The summed E-state index contributed by atoms with van der Waals surface area (Å²) in [4.78, 5) is 21.7. The first-order chi connectivity index (χ1) is 17.0. The number of aromatic nitrogens is 4. The maximum atomic E-state index is 15.0. The van der Waals surface area contributed by atoms with Gasteiger partial charge >= 0.3 is 0 Å². The quantitative estimate of drug-likeness (QED) is 0.326. The molecule has 2 atom stereocenters. The first-order valence-electron chi connectivity index (χ1n) is 10.8. The van der Waals surface area contributed by atoms with E-state index in [4.69, 9.17) is 16.3 Å². The Balaban J connectivity index is 1.64. The van der Waals surface area contributed by atoms with Crippen LogP contribution in [-0.4, -0.2) is 57.0 Å². The molecule has 0 spiro atoms. The topological polar surface area (TPSA) is 113 Å². The highest BCUT2D eigenvalue weighted by Gasteiger charge is 2.27. The molecule has 1 amide bonds. The van der Waals surface area contributed by atoms with E-state index in [9.17, 15) is 9.90 Å². The normalized spacial score (nSPS) is 12.8. The van der Waals surface area contributed by atoms with Gasteiger partial charge in [0.05, 0.1) is 29.6 Å². The standard InChI is InChI=1S/C25H23ClFN5O3/c1-35-22(14-33)20(13-23-28-10-3-11-29-23)30-25(34)17-4-2-5-18(27)24(17)21-12-19(31-32-21)15-6-8-16(26)9-7-15/h2-12,20,22,33H,13-14H2,1H3,(H,30,34)(H,31,32)/t20-,22+/m1/s1. The molecule has 0 bridgehead atoms. The van der Waals surface area contributed by atoms with Crippen molar-refractivity contribution >= 4 is 17.5 Å². The van der Waals surface area contributed by atoms with Crippen molar-refractivity contribution in [3.63, 3.8) is 0 Å². The van der Waals surface area contributed by atoms with Crippen LogP contribution in [0.3, 0.4) is 0 Å². The summed E-state index contributed by atoms with van der Waals surface area (Å²) in [6, 6.07) is 14.0. The van der Waals surface area contributed by atoms with Gasteiger partial charge in [-0.25, -0.2) is 14.4 Å². The van der Waals surface area contributed by atoms with Crippen LogP contribution in [0.15, 0.2) is 67.0 Å². The molecule has 2 heterocycles. The number of nitrogens with one attached hydrogen (secondary N) is 2. The zero-order chi connectivity index (χ0) is 24.8. The van der Waals surface area contributed by atoms with Gasteiger partial charge < -0.3 is 15.2 Å². The minimum absolute atomic E-state index is 0.0744. The molecule has 0 fully saturated rings. The Morgan fingerprint density at radius 1 is 1.17 bits per heavy atom. The van der Waals surface area contributed by atoms with E-state index in [1.165, 1.54) is 25.3 Å². The van der Waals surface area contributed by atoms with Crippen molar-refractivity contribution in [2.24, 2.45) is 0 Å². The third-order valence-electron chi connectivity index (χ3n) is 5.52. The average Bonchev–Trinajstić information content (AvgIpc) is 3.35. The maximum absolute atomic E-state index is 15.0. The highest BCUT2D eigenvalue weighted by atomic mass is 35.5. The molecule has 2 aromatic heterocycles. The van der Waals surface area contributed by atoms with Crippen LogP contribution in [0.25, 0.3) is 22.5 Å². The van der Waals surface area contributed by atoms with Crippen molar-refractivity contribution in [3.8, 4) is 22.5 Å². The zero-order valence-electron chi connectivity index (χ0n) is 18.8. The van der Waals surface area contributed by atoms with Gasteiger partial charge in [-0.1, -0.05) is 29.8 Å². The van der Waals surface area contributed by atoms with E-state index in [0.717, 1.165) is 5.56 Å². The van der Waals surface area contributed by atoms with Crippen LogP contribution in [0, 0.1) is 5.82 Å². The Morgan fingerprint density at radius 2 is 1.91 bits per heavy atom. The lowest BCUT2D eigenvalue weighted by atomic mass is 10.0.